The van der Waals surface area contributed by atoms with Crippen LogP contribution in [0.15, 0.2) is 0 Å². The fourth-order valence-corrected chi connectivity index (χ4v) is 1.40. The first kappa shape index (κ1) is 15.2. The van der Waals surface area contributed by atoms with Gasteiger partial charge in [-0.1, -0.05) is 19.8 Å². The van der Waals surface area contributed by atoms with Crippen LogP contribution < -0.4 is 10.6 Å². The first-order chi connectivity index (χ1) is 7.39. The molecule has 0 saturated heterocycles. The minimum Gasteiger partial charge on any atom is -0.444 e. The molecule has 1 atom stereocenters. The highest BCUT2D eigenvalue weighted by Crippen LogP contribution is 2.07. The average Bonchev–Trinajstić information content (AvgIpc) is 2.11. The van der Waals surface area contributed by atoms with Gasteiger partial charge in [0.2, 0.25) is 0 Å². The third-order valence-electron chi connectivity index (χ3n) is 2.08. The van der Waals surface area contributed by atoms with Crippen LogP contribution in [0.4, 0.5) is 4.79 Å². The number of unbranched alkanes of at least 4 members (excludes halogenated alkanes) is 1. The van der Waals surface area contributed by atoms with Crippen LogP contribution in [-0.4, -0.2) is 31.3 Å². The SMILES string of the molecule is CCCCC(CNC)NC(=O)OC(C)(C)C. The standard InChI is InChI=1S/C12H26N2O2/c1-6-7-8-10(9-13-5)14-11(15)16-12(2,3)4/h10,13H,6-9H2,1-5H3,(H,14,15). The summed E-state index contributed by atoms with van der Waals surface area (Å²) in [6.07, 6.45) is 2.90. The minimum atomic E-state index is -0.432. The number of rotatable bonds is 6. The molecule has 2 N–H and O–H groups in total. The van der Waals surface area contributed by atoms with E-state index in [0.717, 1.165) is 25.8 Å². The topological polar surface area (TPSA) is 50.4 Å². The van der Waals surface area contributed by atoms with Gasteiger partial charge in [0.1, 0.15) is 5.60 Å². The fraction of sp³-hybridized carbons (Fsp3) is 0.917. The molecule has 0 aromatic heterocycles. The van der Waals surface area contributed by atoms with E-state index in [9.17, 15) is 4.79 Å². The van der Waals surface area contributed by atoms with Gasteiger partial charge in [-0.15, -0.1) is 0 Å². The zero-order valence-corrected chi connectivity index (χ0v) is 11.2. The number of nitrogens with one attached hydrogen (secondary N) is 2. The van der Waals surface area contributed by atoms with Crippen LogP contribution in [0.3, 0.4) is 0 Å². The predicted octanol–water partition coefficient (Wildman–Crippen LogP) is 2.29. The lowest BCUT2D eigenvalue weighted by Crippen LogP contribution is -2.43. The molecule has 0 aromatic rings. The highest BCUT2D eigenvalue weighted by Gasteiger charge is 2.18. The van der Waals surface area contributed by atoms with E-state index >= 15 is 0 Å². The third kappa shape index (κ3) is 8.53. The van der Waals surface area contributed by atoms with Crippen LogP contribution >= 0.6 is 0 Å². The van der Waals surface area contributed by atoms with Crippen LogP contribution in [0.2, 0.25) is 0 Å². The molecule has 4 nitrogen and oxygen atoms in total. The molecule has 0 fully saturated rings. The number of amides is 1. The van der Waals surface area contributed by atoms with Crippen molar-refractivity contribution in [3.05, 3.63) is 0 Å². The lowest BCUT2D eigenvalue weighted by atomic mass is 10.1. The number of ether oxygens (including phenoxy) is 1. The van der Waals surface area contributed by atoms with Crippen LogP contribution in [0.1, 0.15) is 47.0 Å². The molecule has 0 aliphatic carbocycles. The summed E-state index contributed by atoms with van der Waals surface area (Å²) in [4.78, 5) is 11.5. The van der Waals surface area contributed by atoms with Crippen molar-refractivity contribution in [1.29, 1.82) is 0 Å². The minimum absolute atomic E-state index is 0.153. The monoisotopic (exact) mass is 230 g/mol. The molecule has 0 aromatic carbocycles. The maximum Gasteiger partial charge on any atom is 0.407 e. The first-order valence-corrected chi connectivity index (χ1v) is 6.03. The number of alkyl carbamates (subject to hydrolysis) is 1. The molecule has 0 radical (unpaired) electrons. The molecule has 1 amide bonds. The Morgan fingerprint density at radius 1 is 1.38 bits per heavy atom. The second-order valence-corrected chi connectivity index (χ2v) is 5.04. The first-order valence-electron chi connectivity index (χ1n) is 6.03. The highest BCUT2D eigenvalue weighted by atomic mass is 16.6. The van der Waals surface area contributed by atoms with Crippen molar-refractivity contribution >= 4 is 6.09 Å². The molecule has 1 unspecified atom stereocenters. The Kier molecular flexibility index (Phi) is 7.13. The zero-order valence-electron chi connectivity index (χ0n) is 11.2. The summed E-state index contributed by atoms with van der Waals surface area (Å²) in [5.41, 5.74) is -0.432. The normalized spacial score (nSPS) is 13.3. The van der Waals surface area contributed by atoms with E-state index in [4.69, 9.17) is 4.74 Å². The molecule has 0 bridgehead atoms. The van der Waals surface area contributed by atoms with Gasteiger partial charge in [-0.05, 0) is 34.2 Å². The van der Waals surface area contributed by atoms with Gasteiger partial charge < -0.3 is 15.4 Å². The summed E-state index contributed by atoms with van der Waals surface area (Å²) in [5, 5.41) is 5.96. The number of carbonyl (C=O) groups excluding carboxylic acids is 1. The van der Waals surface area contributed by atoms with E-state index in [2.05, 4.69) is 17.6 Å². The van der Waals surface area contributed by atoms with Crippen molar-refractivity contribution < 1.29 is 9.53 Å². The molecule has 4 heteroatoms. The van der Waals surface area contributed by atoms with Gasteiger partial charge in [-0.2, -0.15) is 0 Å². The maximum atomic E-state index is 11.5. The summed E-state index contributed by atoms with van der Waals surface area (Å²) < 4.78 is 5.22. The van der Waals surface area contributed by atoms with Gasteiger partial charge in [0.05, 0.1) is 0 Å². The molecule has 0 heterocycles. The second-order valence-electron chi connectivity index (χ2n) is 5.04. The lowest BCUT2D eigenvalue weighted by molar-refractivity contribution is 0.0501. The lowest BCUT2D eigenvalue weighted by Gasteiger charge is -2.23. The summed E-state index contributed by atoms with van der Waals surface area (Å²) >= 11 is 0. The summed E-state index contributed by atoms with van der Waals surface area (Å²) in [6.45, 7) is 8.52. The molecular formula is C12H26N2O2. The molecule has 96 valence electrons. The van der Waals surface area contributed by atoms with Gasteiger partial charge >= 0.3 is 6.09 Å². The van der Waals surface area contributed by atoms with Crippen molar-refractivity contribution in [3.63, 3.8) is 0 Å². The Hall–Kier alpha value is -0.770. The van der Waals surface area contributed by atoms with Crippen molar-refractivity contribution in [2.75, 3.05) is 13.6 Å². The Morgan fingerprint density at radius 3 is 2.44 bits per heavy atom. The largest absolute Gasteiger partial charge is 0.444 e. The second kappa shape index (κ2) is 7.49. The summed E-state index contributed by atoms with van der Waals surface area (Å²) in [6, 6.07) is 0.153. The highest BCUT2D eigenvalue weighted by molar-refractivity contribution is 5.68. The molecule has 0 spiro atoms. The van der Waals surface area contributed by atoms with E-state index in [1.807, 2.05) is 27.8 Å². The molecule has 16 heavy (non-hydrogen) atoms. The van der Waals surface area contributed by atoms with Gasteiger partial charge in [0, 0.05) is 12.6 Å². The van der Waals surface area contributed by atoms with Crippen LogP contribution in [0.25, 0.3) is 0 Å². The van der Waals surface area contributed by atoms with Gasteiger partial charge in [0.25, 0.3) is 0 Å². The van der Waals surface area contributed by atoms with E-state index < -0.39 is 5.60 Å². The number of likely N-dealkylation sites (N-methyl/N-ethyl adjacent to an activating group) is 1. The number of hydrogen-bond acceptors (Lipinski definition) is 3. The smallest absolute Gasteiger partial charge is 0.407 e. The molecule has 0 aliphatic rings. The van der Waals surface area contributed by atoms with Crippen LogP contribution in [0.5, 0.6) is 0 Å². The van der Waals surface area contributed by atoms with E-state index in [0.29, 0.717) is 0 Å². The van der Waals surface area contributed by atoms with Crippen molar-refractivity contribution in [2.45, 2.75) is 58.6 Å². The number of hydrogen-bond donors (Lipinski definition) is 2. The van der Waals surface area contributed by atoms with Crippen molar-refractivity contribution in [3.8, 4) is 0 Å². The summed E-state index contributed by atoms with van der Waals surface area (Å²) in [7, 11) is 1.88. The molecular weight excluding hydrogens is 204 g/mol. The number of carbonyl (C=O) groups is 1. The van der Waals surface area contributed by atoms with Crippen LogP contribution in [0, 0.1) is 0 Å². The van der Waals surface area contributed by atoms with E-state index in [1.54, 1.807) is 0 Å². The Bertz CT molecular complexity index is 200. The molecule has 0 saturated carbocycles. The van der Waals surface area contributed by atoms with E-state index in [-0.39, 0.29) is 12.1 Å². The van der Waals surface area contributed by atoms with Crippen molar-refractivity contribution in [1.82, 2.24) is 10.6 Å². The maximum absolute atomic E-state index is 11.5. The van der Waals surface area contributed by atoms with Crippen LogP contribution in [-0.2, 0) is 4.74 Å². The van der Waals surface area contributed by atoms with Gasteiger partial charge in [-0.3, -0.25) is 0 Å². The Balaban J connectivity index is 4.02. The molecule has 0 aliphatic heterocycles. The van der Waals surface area contributed by atoms with Gasteiger partial charge in [0.15, 0.2) is 0 Å². The Morgan fingerprint density at radius 2 is 2.00 bits per heavy atom. The van der Waals surface area contributed by atoms with E-state index in [1.165, 1.54) is 0 Å². The third-order valence-corrected chi connectivity index (χ3v) is 2.08. The fourth-order valence-electron chi connectivity index (χ4n) is 1.40. The zero-order chi connectivity index (χ0) is 12.6. The molecule has 0 rings (SSSR count). The predicted molar refractivity (Wildman–Crippen MR) is 66.6 cm³/mol. The Labute approximate surface area is 99.1 Å². The van der Waals surface area contributed by atoms with Gasteiger partial charge in [-0.25, -0.2) is 4.79 Å². The quantitative estimate of drug-likeness (QED) is 0.736. The average molecular weight is 230 g/mol. The summed E-state index contributed by atoms with van der Waals surface area (Å²) in [5.74, 6) is 0. The van der Waals surface area contributed by atoms with Crippen molar-refractivity contribution in [2.24, 2.45) is 0 Å².